The zero-order valence-electron chi connectivity index (χ0n) is 7.51. The van der Waals surface area contributed by atoms with Crippen molar-refractivity contribution in [2.75, 3.05) is 6.54 Å². The molecule has 1 unspecified atom stereocenters. The summed E-state index contributed by atoms with van der Waals surface area (Å²) in [6.07, 6.45) is 6.68. The third-order valence-electron chi connectivity index (χ3n) is 1.62. The summed E-state index contributed by atoms with van der Waals surface area (Å²) < 4.78 is 0. The summed E-state index contributed by atoms with van der Waals surface area (Å²) in [6, 6.07) is 0. The molecule has 0 aromatic rings. The third-order valence-corrected chi connectivity index (χ3v) is 1.62. The average molecular weight is 154 g/mol. The van der Waals surface area contributed by atoms with Gasteiger partial charge in [0.2, 0.25) is 0 Å². The van der Waals surface area contributed by atoms with Crippen molar-refractivity contribution in [1.29, 1.82) is 5.41 Å². The first-order chi connectivity index (χ1) is 5.35. The van der Waals surface area contributed by atoms with Gasteiger partial charge in [-0.25, -0.2) is 0 Å². The Morgan fingerprint density at radius 2 is 2.18 bits per heavy atom. The SMILES string of the molecule is CCCCN=CC(C=N)CC. The van der Waals surface area contributed by atoms with Gasteiger partial charge in [-0.3, -0.25) is 4.99 Å². The van der Waals surface area contributed by atoms with Crippen LogP contribution in [0.2, 0.25) is 0 Å². The van der Waals surface area contributed by atoms with E-state index in [1.165, 1.54) is 12.6 Å². The van der Waals surface area contributed by atoms with Crippen molar-refractivity contribution in [3.8, 4) is 0 Å². The Balaban J connectivity index is 3.44. The highest BCUT2D eigenvalue weighted by atomic mass is 14.7. The minimum atomic E-state index is 0.256. The molecule has 0 saturated carbocycles. The molecule has 1 N–H and O–H groups in total. The second kappa shape index (κ2) is 7.45. The quantitative estimate of drug-likeness (QED) is 0.451. The molecule has 0 amide bonds. The van der Waals surface area contributed by atoms with Crippen molar-refractivity contribution in [1.82, 2.24) is 0 Å². The highest BCUT2D eigenvalue weighted by molar-refractivity contribution is 5.81. The number of aliphatic imine (C=N–C) groups is 1. The van der Waals surface area contributed by atoms with Crippen LogP contribution in [0, 0.1) is 11.3 Å². The van der Waals surface area contributed by atoms with Gasteiger partial charge in [-0.1, -0.05) is 20.3 Å². The largest absolute Gasteiger partial charge is 0.312 e. The lowest BCUT2D eigenvalue weighted by molar-refractivity contribution is 0.799. The molecule has 1 atom stereocenters. The van der Waals surface area contributed by atoms with Crippen molar-refractivity contribution in [3.63, 3.8) is 0 Å². The van der Waals surface area contributed by atoms with E-state index in [0.717, 1.165) is 19.4 Å². The van der Waals surface area contributed by atoms with Crippen molar-refractivity contribution >= 4 is 12.4 Å². The van der Waals surface area contributed by atoms with Crippen LogP contribution in [0.5, 0.6) is 0 Å². The first-order valence-electron chi connectivity index (χ1n) is 4.35. The summed E-state index contributed by atoms with van der Waals surface area (Å²) >= 11 is 0. The molecule has 0 aromatic heterocycles. The molecule has 64 valence electrons. The van der Waals surface area contributed by atoms with Crippen LogP contribution in [0.15, 0.2) is 4.99 Å². The summed E-state index contributed by atoms with van der Waals surface area (Å²) in [4.78, 5) is 4.23. The lowest BCUT2D eigenvalue weighted by Gasteiger charge is -1.98. The highest BCUT2D eigenvalue weighted by Gasteiger charge is 1.94. The molecule has 0 aliphatic rings. The minimum absolute atomic E-state index is 0.256. The lowest BCUT2D eigenvalue weighted by Crippen LogP contribution is -2.00. The van der Waals surface area contributed by atoms with Crippen LogP contribution in [0.25, 0.3) is 0 Å². The van der Waals surface area contributed by atoms with Gasteiger partial charge in [0.15, 0.2) is 0 Å². The van der Waals surface area contributed by atoms with Crippen LogP contribution in [0.4, 0.5) is 0 Å². The minimum Gasteiger partial charge on any atom is -0.312 e. The number of rotatable bonds is 6. The van der Waals surface area contributed by atoms with Crippen LogP contribution in [-0.4, -0.2) is 19.0 Å². The maximum atomic E-state index is 7.02. The van der Waals surface area contributed by atoms with Gasteiger partial charge >= 0.3 is 0 Å². The van der Waals surface area contributed by atoms with E-state index in [1.54, 1.807) is 0 Å². The Hall–Kier alpha value is -0.660. The maximum absolute atomic E-state index is 7.02. The molecule has 0 radical (unpaired) electrons. The van der Waals surface area contributed by atoms with Crippen molar-refractivity contribution in [2.45, 2.75) is 33.1 Å². The van der Waals surface area contributed by atoms with Gasteiger partial charge in [-0.2, -0.15) is 0 Å². The zero-order chi connectivity index (χ0) is 8.53. The Morgan fingerprint density at radius 1 is 1.45 bits per heavy atom. The predicted molar refractivity (Wildman–Crippen MR) is 50.8 cm³/mol. The van der Waals surface area contributed by atoms with Gasteiger partial charge in [0.1, 0.15) is 0 Å². The van der Waals surface area contributed by atoms with Crippen LogP contribution in [0.3, 0.4) is 0 Å². The molecule has 2 heteroatoms. The van der Waals surface area contributed by atoms with Crippen LogP contribution in [0.1, 0.15) is 33.1 Å². The molecule has 0 aliphatic heterocycles. The number of nitrogens with one attached hydrogen (secondary N) is 1. The van der Waals surface area contributed by atoms with Crippen LogP contribution in [-0.2, 0) is 0 Å². The average Bonchev–Trinajstić information content (AvgIpc) is 2.05. The number of nitrogens with zero attached hydrogens (tertiary/aromatic N) is 1. The molecule has 0 heterocycles. The number of hydrogen-bond donors (Lipinski definition) is 1. The van der Waals surface area contributed by atoms with Gasteiger partial charge < -0.3 is 5.41 Å². The first-order valence-corrected chi connectivity index (χ1v) is 4.35. The molecule has 0 saturated heterocycles. The predicted octanol–water partition coefficient (Wildman–Crippen LogP) is 2.53. The van der Waals surface area contributed by atoms with Gasteiger partial charge in [0, 0.05) is 24.9 Å². The zero-order valence-corrected chi connectivity index (χ0v) is 7.51. The molecular weight excluding hydrogens is 136 g/mol. The van der Waals surface area contributed by atoms with Crippen molar-refractivity contribution in [3.05, 3.63) is 0 Å². The van der Waals surface area contributed by atoms with Crippen molar-refractivity contribution < 1.29 is 0 Å². The summed E-state index contributed by atoms with van der Waals surface area (Å²) in [7, 11) is 0. The maximum Gasteiger partial charge on any atom is 0.0385 e. The summed E-state index contributed by atoms with van der Waals surface area (Å²) in [5, 5.41) is 7.02. The van der Waals surface area contributed by atoms with Gasteiger partial charge in [-0.05, 0) is 12.8 Å². The molecule has 0 aliphatic carbocycles. The molecule has 2 nitrogen and oxygen atoms in total. The molecule has 0 spiro atoms. The Bertz CT molecular complexity index is 119. The molecule has 11 heavy (non-hydrogen) atoms. The summed E-state index contributed by atoms with van der Waals surface area (Å²) in [5.74, 6) is 0.256. The fourth-order valence-corrected chi connectivity index (χ4v) is 0.726. The van der Waals surface area contributed by atoms with Gasteiger partial charge in [0.05, 0.1) is 0 Å². The van der Waals surface area contributed by atoms with Gasteiger partial charge in [-0.15, -0.1) is 0 Å². The fourth-order valence-electron chi connectivity index (χ4n) is 0.726. The smallest absolute Gasteiger partial charge is 0.0385 e. The van der Waals surface area contributed by atoms with Crippen molar-refractivity contribution in [2.24, 2.45) is 10.9 Å². The second-order valence-corrected chi connectivity index (χ2v) is 2.65. The standard InChI is InChI=1S/C9H18N2/c1-3-5-6-11-8-9(4-2)7-10/h7-10H,3-6H2,1-2H3. The van der Waals surface area contributed by atoms with E-state index in [9.17, 15) is 0 Å². The molecule has 0 bridgehead atoms. The van der Waals surface area contributed by atoms with Crippen LogP contribution >= 0.6 is 0 Å². The van der Waals surface area contributed by atoms with E-state index in [1.807, 2.05) is 6.21 Å². The van der Waals surface area contributed by atoms with E-state index < -0.39 is 0 Å². The topological polar surface area (TPSA) is 36.2 Å². The molecule has 0 aromatic carbocycles. The van der Waals surface area contributed by atoms with Crippen LogP contribution < -0.4 is 0 Å². The molecular formula is C9H18N2. The van der Waals surface area contributed by atoms with E-state index >= 15 is 0 Å². The Kier molecular flexibility index (Phi) is 7.00. The number of unbranched alkanes of at least 4 members (excludes halogenated alkanes) is 1. The fraction of sp³-hybridized carbons (Fsp3) is 0.778. The molecule has 0 fully saturated rings. The van der Waals surface area contributed by atoms with E-state index in [4.69, 9.17) is 5.41 Å². The van der Waals surface area contributed by atoms with E-state index in [-0.39, 0.29) is 5.92 Å². The third kappa shape index (κ3) is 5.77. The highest BCUT2D eigenvalue weighted by Crippen LogP contribution is 1.94. The van der Waals surface area contributed by atoms with E-state index in [2.05, 4.69) is 18.8 Å². The Morgan fingerprint density at radius 3 is 2.64 bits per heavy atom. The van der Waals surface area contributed by atoms with E-state index in [0.29, 0.717) is 0 Å². The Labute approximate surface area is 69.2 Å². The monoisotopic (exact) mass is 154 g/mol. The summed E-state index contributed by atoms with van der Waals surface area (Å²) in [6.45, 7) is 5.14. The number of hydrogen-bond acceptors (Lipinski definition) is 2. The lowest BCUT2D eigenvalue weighted by atomic mass is 10.1. The van der Waals surface area contributed by atoms with Gasteiger partial charge in [0.25, 0.3) is 0 Å². The first kappa shape index (κ1) is 10.3. The second-order valence-electron chi connectivity index (χ2n) is 2.65. The summed E-state index contributed by atoms with van der Waals surface area (Å²) in [5.41, 5.74) is 0. The molecule has 0 rings (SSSR count). The normalized spacial score (nSPS) is 13.6.